The Morgan fingerprint density at radius 3 is 2.23 bits per heavy atom. The largest absolute Gasteiger partial charge is 0.496 e. The van der Waals surface area contributed by atoms with Gasteiger partial charge in [0, 0.05) is 37.8 Å². The van der Waals surface area contributed by atoms with E-state index in [0.29, 0.717) is 19.0 Å². The van der Waals surface area contributed by atoms with Crippen LogP contribution in [0.15, 0.2) is 24.3 Å². The zero-order valence-corrected chi connectivity index (χ0v) is 19.3. The number of hydrogen-bond donors (Lipinski definition) is 0. The molecule has 1 aliphatic rings. The van der Waals surface area contributed by atoms with Gasteiger partial charge < -0.3 is 19.1 Å². The molecule has 1 aromatic carbocycles. The number of halogens is 7. The van der Waals surface area contributed by atoms with Crippen LogP contribution in [0.5, 0.6) is 5.75 Å². The van der Waals surface area contributed by atoms with Crippen molar-refractivity contribution in [1.29, 1.82) is 0 Å². The number of carbonyl (C=O) groups is 1. The molecule has 35 heavy (non-hydrogen) atoms. The third-order valence-electron chi connectivity index (χ3n) is 6.00. The second-order valence-corrected chi connectivity index (χ2v) is 8.44. The van der Waals surface area contributed by atoms with E-state index >= 15 is 0 Å². The number of alkyl halides is 6. The Morgan fingerprint density at radius 2 is 1.60 bits per heavy atom. The smallest absolute Gasteiger partial charge is 0.431 e. The summed E-state index contributed by atoms with van der Waals surface area (Å²) in [4.78, 5) is 16.2. The lowest BCUT2D eigenvalue weighted by Crippen LogP contribution is -2.36. The van der Waals surface area contributed by atoms with Crippen molar-refractivity contribution in [2.24, 2.45) is 0 Å². The Hall–Kier alpha value is -2.76. The van der Waals surface area contributed by atoms with E-state index < -0.39 is 41.1 Å². The van der Waals surface area contributed by atoms with Crippen molar-refractivity contribution in [3.63, 3.8) is 0 Å². The van der Waals surface area contributed by atoms with Gasteiger partial charge >= 0.3 is 12.4 Å². The van der Waals surface area contributed by atoms with Crippen molar-refractivity contribution < 1.29 is 40.3 Å². The minimum atomic E-state index is -4.73. The summed E-state index contributed by atoms with van der Waals surface area (Å²) in [6, 6.07) is 3.51. The van der Waals surface area contributed by atoms with Crippen LogP contribution in [0.4, 0.5) is 30.7 Å². The lowest BCUT2D eigenvalue weighted by molar-refractivity contribution is -0.143. The number of nitrogens with zero attached hydrogens (tertiary/aromatic N) is 3. The number of likely N-dealkylation sites (N-methyl/N-ethyl adjacent to an activating group) is 1. The SMILES string of the molecule is COc1ccc(C(=O)N2CCCc3c(F)cc(C(F)(F)F)n3CCN(C)CCC2)cc1C(F)(F)F. The number of methoxy groups -OCH3 is 1. The van der Waals surface area contributed by atoms with Crippen LogP contribution in [0.3, 0.4) is 0 Å². The maximum Gasteiger partial charge on any atom is 0.431 e. The number of benzene rings is 1. The molecule has 194 valence electrons. The van der Waals surface area contributed by atoms with E-state index in [1.165, 1.54) is 11.0 Å². The van der Waals surface area contributed by atoms with E-state index in [9.17, 15) is 35.5 Å². The van der Waals surface area contributed by atoms with Crippen molar-refractivity contribution >= 4 is 5.91 Å². The minimum absolute atomic E-state index is 0.0424. The highest BCUT2D eigenvalue weighted by Gasteiger charge is 2.37. The first-order valence-corrected chi connectivity index (χ1v) is 11.0. The second kappa shape index (κ2) is 10.5. The van der Waals surface area contributed by atoms with Gasteiger partial charge in [-0.2, -0.15) is 26.3 Å². The van der Waals surface area contributed by atoms with Gasteiger partial charge in [-0.1, -0.05) is 0 Å². The van der Waals surface area contributed by atoms with Gasteiger partial charge in [-0.25, -0.2) is 4.39 Å². The molecular weight excluding hydrogens is 483 g/mol. The number of rotatable bonds is 2. The average Bonchev–Trinajstić information content (AvgIpc) is 3.09. The van der Waals surface area contributed by atoms with Gasteiger partial charge in [-0.15, -0.1) is 0 Å². The predicted molar refractivity (Wildman–Crippen MR) is 114 cm³/mol. The maximum absolute atomic E-state index is 14.5. The standard InChI is InChI=1S/C23H26F7N3O2/c1-31-8-4-10-32(21(34)15-6-7-19(35-2)16(13-15)22(25,26)27)9-3-5-18-17(24)14-20(23(28,29)30)33(18)12-11-31/h6-7,13-14H,3-5,8-12H2,1-2H3. The van der Waals surface area contributed by atoms with Crippen molar-refractivity contribution in [1.82, 2.24) is 14.4 Å². The van der Waals surface area contributed by atoms with Crippen LogP contribution in [0.1, 0.15) is 40.2 Å². The van der Waals surface area contributed by atoms with Crippen LogP contribution in [0, 0.1) is 5.82 Å². The van der Waals surface area contributed by atoms with Crippen molar-refractivity contribution in [2.45, 2.75) is 38.2 Å². The van der Waals surface area contributed by atoms with Crippen molar-refractivity contribution in [2.75, 3.05) is 40.3 Å². The summed E-state index contributed by atoms with van der Waals surface area (Å²) < 4.78 is 101. The monoisotopic (exact) mass is 509 g/mol. The summed E-state index contributed by atoms with van der Waals surface area (Å²) in [5, 5.41) is 0. The van der Waals surface area contributed by atoms with E-state index in [2.05, 4.69) is 0 Å². The van der Waals surface area contributed by atoms with Crippen LogP contribution in [0.2, 0.25) is 0 Å². The molecule has 12 heteroatoms. The van der Waals surface area contributed by atoms with E-state index in [1.54, 1.807) is 11.9 Å². The molecule has 2 aromatic rings. The fourth-order valence-electron chi connectivity index (χ4n) is 4.21. The first-order valence-electron chi connectivity index (χ1n) is 11.0. The van der Waals surface area contributed by atoms with Gasteiger partial charge in [0.2, 0.25) is 0 Å². The fourth-order valence-corrected chi connectivity index (χ4v) is 4.21. The molecule has 0 N–H and O–H groups in total. The lowest BCUT2D eigenvalue weighted by Gasteiger charge is -2.27. The average molecular weight is 509 g/mol. The lowest BCUT2D eigenvalue weighted by atomic mass is 10.1. The highest BCUT2D eigenvalue weighted by Crippen LogP contribution is 2.37. The summed E-state index contributed by atoms with van der Waals surface area (Å²) in [7, 11) is 2.79. The molecule has 1 aliphatic heterocycles. The Labute approximate surface area is 198 Å². The van der Waals surface area contributed by atoms with Gasteiger partial charge in [0.1, 0.15) is 17.3 Å². The van der Waals surface area contributed by atoms with Crippen molar-refractivity contribution in [3.05, 3.63) is 52.6 Å². The number of ether oxygens (including phenoxy) is 1. The van der Waals surface area contributed by atoms with Crippen molar-refractivity contribution in [3.8, 4) is 5.75 Å². The Bertz CT molecular complexity index is 1050. The molecule has 0 unspecified atom stereocenters. The molecule has 0 saturated carbocycles. The highest BCUT2D eigenvalue weighted by atomic mass is 19.4. The van der Waals surface area contributed by atoms with Gasteiger partial charge in [-0.3, -0.25) is 4.79 Å². The van der Waals surface area contributed by atoms with E-state index in [4.69, 9.17) is 4.74 Å². The quantitative estimate of drug-likeness (QED) is 0.530. The third kappa shape index (κ3) is 6.28. The third-order valence-corrected chi connectivity index (χ3v) is 6.00. The molecule has 0 radical (unpaired) electrons. The first-order chi connectivity index (χ1) is 16.3. The Balaban J connectivity index is 1.88. The van der Waals surface area contributed by atoms with Crippen LogP contribution >= 0.6 is 0 Å². The number of amides is 1. The number of fused-ring (bicyclic) bond motifs is 1. The van der Waals surface area contributed by atoms with Gasteiger partial charge in [0.15, 0.2) is 0 Å². The Kier molecular flexibility index (Phi) is 8.03. The molecule has 1 aromatic heterocycles. The molecule has 5 nitrogen and oxygen atoms in total. The number of aromatic nitrogens is 1. The molecule has 2 heterocycles. The van der Waals surface area contributed by atoms with Crippen LogP contribution in [-0.4, -0.2) is 60.6 Å². The molecule has 3 rings (SSSR count). The fraction of sp³-hybridized carbons (Fsp3) is 0.522. The number of hydrogen-bond acceptors (Lipinski definition) is 3. The maximum atomic E-state index is 14.5. The summed E-state index contributed by atoms with van der Waals surface area (Å²) >= 11 is 0. The predicted octanol–water partition coefficient (Wildman–Crippen LogP) is 5.08. The van der Waals surface area contributed by atoms with E-state index in [0.717, 1.165) is 23.8 Å². The molecule has 0 fully saturated rings. The first kappa shape index (κ1) is 26.8. The highest BCUT2D eigenvalue weighted by molar-refractivity contribution is 5.94. The summed E-state index contributed by atoms with van der Waals surface area (Å²) in [6.45, 7) is 0.890. The molecule has 0 saturated heterocycles. The molecular formula is C23H26F7N3O2. The normalized spacial score (nSPS) is 16.9. The van der Waals surface area contributed by atoms with E-state index in [-0.39, 0.29) is 50.3 Å². The zero-order chi connectivity index (χ0) is 26.0. The molecule has 0 aliphatic carbocycles. The van der Waals surface area contributed by atoms with Gasteiger partial charge in [0.05, 0.1) is 18.4 Å². The van der Waals surface area contributed by atoms with Crippen LogP contribution in [0.25, 0.3) is 0 Å². The number of carbonyl (C=O) groups excluding carboxylic acids is 1. The van der Waals surface area contributed by atoms with Gasteiger partial charge in [0.25, 0.3) is 5.91 Å². The summed E-state index contributed by atoms with van der Waals surface area (Å²) in [5.41, 5.74) is -2.45. The molecule has 0 atom stereocenters. The molecule has 1 amide bonds. The van der Waals surface area contributed by atoms with Crippen LogP contribution in [-0.2, 0) is 25.3 Å². The molecule has 0 spiro atoms. The van der Waals surface area contributed by atoms with E-state index in [1.807, 2.05) is 0 Å². The Morgan fingerprint density at radius 1 is 0.914 bits per heavy atom. The topological polar surface area (TPSA) is 37.7 Å². The minimum Gasteiger partial charge on any atom is -0.496 e. The van der Waals surface area contributed by atoms with Crippen LogP contribution < -0.4 is 4.74 Å². The summed E-state index contributed by atoms with van der Waals surface area (Å²) in [5.74, 6) is -2.04. The summed E-state index contributed by atoms with van der Waals surface area (Å²) in [6.07, 6.45) is -8.91. The molecule has 0 bridgehead atoms. The van der Waals surface area contributed by atoms with Gasteiger partial charge in [-0.05, 0) is 51.1 Å². The zero-order valence-electron chi connectivity index (χ0n) is 19.3. The second-order valence-electron chi connectivity index (χ2n) is 8.44.